The summed E-state index contributed by atoms with van der Waals surface area (Å²) in [5, 5.41) is 10.6. The minimum atomic E-state index is -4.95. The molecular formula is C73H142O17P2. The van der Waals surface area contributed by atoms with Crippen LogP contribution in [0.15, 0.2) is 0 Å². The first-order valence-electron chi connectivity index (χ1n) is 37.9. The SMILES string of the molecule is CCCCCCCCCCCCCCCC(=O)OC[C@H](COP(=O)(O)OC[C@@H](O)COP(=O)(O)OC[C@@H](COC(=O)CCCCCCCCC(C)CC)OC(=O)CCCCCCCCCCC(C)C)OC(=O)CCCCCCCCCCCCCCCCCC(C)C. The van der Waals surface area contributed by atoms with Crippen LogP contribution >= 0.6 is 15.6 Å². The van der Waals surface area contributed by atoms with E-state index in [1.807, 2.05) is 0 Å². The summed E-state index contributed by atoms with van der Waals surface area (Å²) in [4.78, 5) is 72.6. The smallest absolute Gasteiger partial charge is 0.462 e. The van der Waals surface area contributed by atoms with Gasteiger partial charge in [-0.1, -0.05) is 318 Å². The minimum Gasteiger partial charge on any atom is -0.462 e. The number of carbonyl (C=O) groups excluding carboxylic acids is 4. The van der Waals surface area contributed by atoms with Crippen molar-refractivity contribution in [3.63, 3.8) is 0 Å². The Hall–Kier alpha value is -1.94. The van der Waals surface area contributed by atoms with E-state index in [1.165, 1.54) is 173 Å². The van der Waals surface area contributed by atoms with Crippen LogP contribution in [0.2, 0.25) is 0 Å². The molecule has 0 rings (SSSR count). The molecule has 0 spiro atoms. The Morgan fingerprint density at radius 1 is 0.315 bits per heavy atom. The average Bonchev–Trinajstić information content (AvgIpc) is 2.68. The van der Waals surface area contributed by atoms with Crippen molar-refractivity contribution in [3.8, 4) is 0 Å². The van der Waals surface area contributed by atoms with Gasteiger partial charge in [0.1, 0.15) is 19.3 Å². The summed E-state index contributed by atoms with van der Waals surface area (Å²) in [5.41, 5.74) is 0. The van der Waals surface area contributed by atoms with Crippen LogP contribution in [0.5, 0.6) is 0 Å². The maximum Gasteiger partial charge on any atom is 0.472 e. The minimum absolute atomic E-state index is 0.103. The molecule has 0 aliphatic heterocycles. The molecule has 92 heavy (non-hydrogen) atoms. The Kier molecular flexibility index (Phi) is 62.4. The van der Waals surface area contributed by atoms with Crippen LogP contribution in [0.4, 0.5) is 0 Å². The maximum absolute atomic E-state index is 13.1. The quantitative estimate of drug-likeness (QED) is 0.0222. The number of esters is 4. The van der Waals surface area contributed by atoms with Crippen molar-refractivity contribution in [1.82, 2.24) is 0 Å². The monoisotopic (exact) mass is 1350 g/mol. The molecule has 3 unspecified atom stereocenters. The number of phosphoric acid groups is 2. The highest BCUT2D eigenvalue weighted by Crippen LogP contribution is 2.45. The van der Waals surface area contributed by atoms with Gasteiger partial charge in [0, 0.05) is 25.7 Å². The molecule has 3 N–H and O–H groups in total. The summed E-state index contributed by atoms with van der Waals surface area (Å²) in [5.74, 6) is 0.128. The van der Waals surface area contributed by atoms with E-state index in [1.54, 1.807) is 0 Å². The van der Waals surface area contributed by atoms with E-state index in [-0.39, 0.29) is 25.7 Å². The van der Waals surface area contributed by atoms with Gasteiger partial charge in [0.25, 0.3) is 0 Å². The van der Waals surface area contributed by atoms with Crippen molar-refractivity contribution in [1.29, 1.82) is 0 Å². The standard InChI is InChI=1S/C73H142O17P2/c1-8-10-11-12-13-14-15-19-23-26-32-40-47-54-70(75)83-60-68(89-72(77)56-49-42-33-27-24-21-18-16-17-20-22-25-30-37-44-51-64(3)4)62-87-91(79,80)85-58-67(74)59-86-92(81,82)88-63-69(61-84-71(76)55-48-41-36-35-39-46-53-66(7)9-2)90-73(78)57-50-43-34-29-28-31-38-45-52-65(5)6/h64-69,74H,8-63H2,1-7H3,(H,79,80)(H,81,82)/t66?,67-,68-,69-/m1/s1. The molecule has 0 saturated heterocycles. The molecule has 0 aromatic heterocycles. The number of aliphatic hydroxyl groups excluding tert-OH is 1. The first-order valence-corrected chi connectivity index (χ1v) is 40.9. The zero-order chi connectivity index (χ0) is 68.0. The second-order valence-corrected chi connectivity index (χ2v) is 30.4. The second kappa shape index (κ2) is 63.8. The highest BCUT2D eigenvalue weighted by molar-refractivity contribution is 7.47. The number of hydrogen-bond acceptors (Lipinski definition) is 15. The number of rotatable bonds is 71. The Balaban J connectivity index is 5.24. The van der Waals surface area contributed by atoms with Crippen LogP contribution < -0.4 is 0 Å². The molecule has 0 fully saturated rings. The summed E-state index contributed by atoms with van der Waals surface area (Å²) in [6.45, 7) is 11.8. The fourth-order valence-corrected chi connectivity index (χ4v) is 12.6. The van der Waals surface area contributed by atoms with Crippen LogP contribution in [-0.2, 0) is 65.4 Å². The summed E-state index contributed by atoms with van der Waals surface area (Å²) in [6.07, 6.45) is 48.6. The summed E-state index contributed by atoms with van der Waals surface area (Å²) in [6, 6.07) is 0. The van der Waals surface area contributed by atoms with Gasteiger partial charge in [-0.15, -0.1) is 0 Å². The normalized spacial score (nSPS) is 14.4. The molecule has 546 valence electrons. The molecule has 0 heterocycles. The van der Waals surface area contributed by atoms with Crippen molar-refractivity contribution >= 4 is 39.5 Å². The number of hydrogen-bond donors (Lipinski definition) is 3. The Bertz CT molecular complexity index is 1800. The first kappa shape index (κ1) is 90.1. The van der Waals surface area contributed by atoms with Crippen LogP contribution in [0.25, 0.3) is 0 Å². The number of carbonyl (C=O) groups is 4. The number of unbranched alkanes of at least 4 members (excludes halogenated alkanes) is 38. The lowest BCUT2D eigenvalue weighted by Crippen LogP contribution is -2.30. The maximum atomic E-state index is 13.1. The third-order valence-corrected chi connectivity index (χ3v) is 19.1. The fourth-order valence-electron chi connectivity index (χ4n) is 11.0. The predicted octanol–water partition coefficient (Wildman–Crippen LogP) is 21.0. The zero-order valence-corrected chi connectivity index (χ0v) is 61.8. The van der Waals surface area contributed by atoms with Gasteiger partial charge >= 0.3 is 39.5 Å². The first-order chi connectivity index (χ1) is 44.3. The Morgan fingerprint density at radius 3 is 0.826 bits per heavy atom. The van der Waals surface area contributed by atoms with Crippen LogP contribution in [0.3, 0.4) is 0 Å². The summed E-state index contributed by atoms with van der Waals surface area (Å²) in [7, 11) is -9.91. The molecular weight excluding hydrogens is 1210 g/mol. The van der Waals surface area contributed by atoms with Gasteiger partial charge in [0.05, 0.1) is 26.4 Å². The van der Waals surface area contributed by atoms with Gasteiger partial charge in [-0.3, -0.25) is 37.3 Å². The molecule has 6 atom stereocenters. The average molecular weight is 1350 g/mol. The van der Waals surface area contributed by atoms with E-state index in [0.29, 0.717) is 25.7 Å². The topological polar surface area (TPSA) is 237 Å². The zero-order valence-electron chi connectivity index (χ0n) is 60.0. The van der Waals surface area contributed by atoms with E-state index in [4.69, 9.17) is 37.0 Å². The van der Waals surface area contributed by atoms with Crippen LogP contribution in [0, 0.1) is 17.8 Å². The third kappa shape index (κ3) is 65.4. The molecule has 19 heteroatoms. The van der Waals surface area contributed by atoms with Crippen LogP contribution in [-0.4, -0.2) is 96.7 Å². The lowest BCUT2D eigenvalue weighted by molar-refractivity contribution is -0.161. The van der Waals surface area contributed by atoms with Gasteiger partial charge in [0.2, 0.25) is 0 Å². The molecule has 0 aliphatic rings. The molecule has 0 radical (unpaired) electrons. The van der Waals surface area contributed by atoms with E-state index < -0.39 is 97.5 Å². The van der Waals surface area contributed by atoms with Gasteiger partial charge in [-0.25, -0.2) is 9.13 Å². The lowest BCUT2D eigenvalue weighted by Gasteiger charge is -2.21. The molecule has 0 saturated carbocycles. The van der Waals surface area contributed by atoms with Gasteiger partial charge in [-0.2, -0.15) is 0 Å². The highest BCUT2D eigenvalue weighted by Gasteiger charge is 2.30. The largest absolute Gasteiger partial charge is 0.472 e. The van der Waals surface area contributed by atoms with E-state index >= 15 is 0 Å². The van der Waals surface area contributed by atoms with Crippen molar-refractivity contribution < 1.29 is 80.2 Å². The van der Waals surface area contributed by atoms with Crippen molar-refractivity contribution in [2.24, 2.45) is 17.8 Å². The van der Waals surface area contributed by atoms with Gasteiger partial charge in [0.15, 0.2) is 12.2 Å². The Morgan fingerprint density at radius 2 is 0.554 bits per heavy atom. The summed E-state index contributed by atoms with van der Waals surface area (Å²) >= 11 is 0. The number of ether oxygens (including phenoxy) is 4. The second-order valence-electron chi connectivity index (χ2n) is 27.5. The Labute approximate surface area is 562 Å². The van der Waals surface area contributed by atoms with Crippen molar-refractivity contribution in [2.75, 3.05) is 39.6 Å². The third-order valence-electron chi connectivity index (χ3n) is 17.2. The highest BCUT2D eigenvalue weighted by atomic mass is 31.2. The van der Waals surface area contributed by atoms with E-state index in [0.717, 1.165) is 114 Å². The summed E-state index contributed by atoms with van der Waals surface area (Å²) < 4.78 is 68.4. The number of aliphatic hydroxyl groups is 1. The molecule has 0 aromatic carbocycles. The van der Waals surface area contributed by atoms with Crippen molar-refractivity contribution in [2.45, 2.75) is 388 Å². The molecule has 0 bridgehead atoms. The molecule has 17 nitrogen and oxygen atoms in total. The van der Waals surface area contributed by atoms with Crippen LogP contribution in [0.1, 0.15) is 370 Å². The predicted molar refractivity (Wildman–Crippen MR) is 372 cm³/mol. The van der Waals surface area contributed by atoms with Gasteiger partial charge < -0.3 is 33.8 Å². The number of phosphoric ester groups is 2. The fraction of sp³-hybridized carbons (Fsp3) is 0.945. The lowest BCUT2D eigenvalue weighted by atomic mass is 10.00. The van der Waals surface area contributed by atoms with Gasteiger partial charge in [-0.05, 0) is 43.4 Å². The van der Waals surface area contributed by atoms with E-state index in [9.17, 15) is 43.2 Å². The molecule has 0 aromatic rings. The van der Waals surface area contributed by atoms with E-state index in [2.05, 4.69) is 48.5 Å². The van der Waals surface area contributed by atoms with Crippen molar-refractivity contribution in [3.05, 3.63) is 0 Å². The molecule has 0 aliphatic carbocycles. The molecule has 0 amide bonds.